The molecule has 0 aliphatic heterocycles. The van der Waals surface area contributed by atoms with Gasteiger partial charge in [-0.1, -0.05) is 24.3 Å². The van der Waals surface area contributed by atoms with Crippen LogP contribution >= 0.6 is 23.5 Å². The fraction of sp³-hybridized carbons (Fsp3) is 0.526. The number of carbonyl (C=O) groups excluding carboxylic acids is 3. The summed E-state index contributed by atoms with van der Waals surface area (Å²) in [7, 11) is 4.87. The summed E-state index contributed by atoms with van der Waals surface area (Å²) in [6.45, 7) is 1.61. The third kappa shape index (κ3) is 9.72. The first kappa shape index (κ1) is 23.4. The van der Waals surface area contributed by atoms with Crippen LogP contribution in [0.2, 0.25) is 0 Å². The molecule has 0 saturated heterocycles. The Labute approximate surface area is 169 Å². The minimum Gasteiger partial charge on any atom is -0.469 e. The maximum atomic E-state index is 11.8. The highest BCUT2D eigenvalue weighted by Gasteiger charge is 2.16. The normalized spacial score (nSPS) is 11.6. The molecule has 8 heteroatoms. The number of rotatable bonds is 11. The van der Waals surface area contributed by atoms with Crippen LogP contribution in [0.1, 0.15) is 35.5 Å². The zero-order valence-corrected chi connectivity index (χ0v) is 17.9. The average molecular weight is 414 g/mol. The molecular weight excluding hydrogens is 386 g/mol. The van der Waals surface area contributed by atoms with E-state index in [-0.39, 0.29) is 29.0 Å². The molecule has 0 saturated carbocycles. The Morgan fingerprint density at radius 1 is 1.11 bits per heavy atom. The molecule has 1 unspecified atom stereocenters. The summed E-state index contributed by atoms with van der Waals surface area (Å²) in [5, 5.41) is 0. The van der Waals surface area contributed by atoms with Gasteiger partial charge < -0.3 is 14.4 Å². The van der Waals surface area contributed by atoms with Gasteiger partial charge in [-0.15, -0.1) is 23.5 Å². The molecule has 0 heterocycles. The van der Waals surface area contributed by atoms with Crippen molar-refractivity contribution in [2.45, 2.75) is 31.0 Å². The molecule has 0 aromatic heterocycles. The van der Waals surface area contributed by atoms with E-state index >= 15 is 0 Å². The maximum absolute atomic E-state index is 11.8. The monoisotopic (exact) mass is 413 g/mol. The minimum absolute atomic E-state index is 0.0712. The number of carbonyl (C=O) groups is 3. The average Bonchev–Trinajstić information content (AvgIpc) is 2.64. The van der Waals surface area contributed by atoms with Gasteiger partial charge in [0.1, 0.15) is 6.61 Å². The van der Waals surface area contributed by atoms with Crippen molar-refractivity contribution in [1.29, 1.82) is 0 Å². The smallest absolute Gasteiger partial charge is 0.306 e. The molecule has 0 radical (unpaired) electrons. The third-order valence-electron chi connectivity index (χ3n) is 3.55. The zero-order chi connectivity index (χ0) is 20.2. The molecule has 1 atom stereocenters. The molecule has 0 fully saturated rings. The lowest BCUT2D eigenvalue weighted by atomic mass is 10.1. The van der Waals surface area contributed by atoms with E-state index in [1.165, 1.54) is 14.0 Å². The summed E-state index contributed by atoms with van der Waals surface area (Å²) in [5.41, 5.74) is 1.98. The molecule has 0 N–H and O–H groups in total. The fourth-order valence-electron chi connectivity index (χ4n) is 2.08. The van der Waals surface area contributed by atoms with Crippen molar-refractivity contribution in [3.05, 3.63) is 35.4 Å². The van der Waals surface area contributed by atoms with Gasteiger partial charge in [0, 0.05) is 38.9 Å². The third-order valence-corrected chi connectivity index (χ3v) is 6.40. The number of hydrogen-bond acceptors (Lipinski definition) is 7. The Morgan fingerprint density at radius 2 is 1.78 bits per heavy atom. The number of nitrogens with zero attached hydrogens (tertiary/aromatic N) is 1. The standard InChI is InChI=1S/C19H27NO5S2/c1-14(21)25-13-15-6-5-7-16(12-15)19(27-11-9-18(23)24-4)26-10-8-17(22)20(2)3/h5-7,12,19H,8-11,13H2,1-4H3. The molecule has 0 spiro atoms. The van der Waals surface area contributed by atoms with E-state index in [1.54, 1.807) is 42.5 Å². The molecule has 1 aromatic rings. The molecule has 27 heavy (non-hydrogen) atoms. The predicted molar refractivity (Wildman–Crippen MR) is 110 cm³/mol. The second-order valence-electron chi connectivity index (χ2n) is 5.96. The lowest BCUT2D eigenvalue weighted by Gasteiger charge is -2.18. The van der Waals surface area contributed by atoms with Crippen LogP contribution in [0.5, 0.6) is 0 Å². The lowest BCUT2D eigenvalue weighted by Crippen LogP contribution is -2.21. The summed E-state index contributed by atoms with van der Waals surface area (Å²) in [5.74, 6) is 0.837. The van der Waals surface area contributed by atoms with E-state index in [4.69, 9.17) is 9.47 Å². The van der Waals surface area contributed by atoms with Gasteiger partial charge in [-0.2, -0.15) is 0 Å². The molecule has 0 aliphatic carbocycles. The molecule has 0 bridgehead atoms. The van der Waals surface area contributed by atoms with Gasteiger partial charge in [-0.3, -0.25) is 14.4 Å². The Balaban J connectivity index is 2.76. The Kier molecular flexibility index (Phi) is 11.0. The zero-order valence-electron chi connectivity index (χ0n) is 16.2. The number of esters is 2. The molecule has 1 aromatic carbocycles. The second kappa shape index (κ2) is 12.7. The van der Waals surface area contributed by atoms with Crippen LogP contribution in [0.3, 0.4) is 0 Å². The van der Waals surface area contributed by atoms with Crippen LogP contribution in [0, 0.1) is 0 Å². The number of hydrogen-bond donors (Lipinski definition) is 0. The highest BCUT2D eigenvalue weighted by molar-refractivity contribution is 8.16. The van der Waals surface area contributed by atoms with Crippen molar-refractivity contribution in [2.24, 2.45) is 0 Å². The Bertz CT molecular complexity index is 636. The minimum atomic E-state index is -0.319. The molecule has 150 valence electrons. The highest BCUT2D eigenvalue weighted by atomic mass is 32.2. The summed E-state index contributed by atoms with van der Waals surface area (Å²) in [6.07, 6.45) is 0.793. The molecular formula is C19H27NO5S2. The van der Waals surface area contributed by atoms with Gasteiger partial charge in [0.15, 0.2) is 0 Å². The Morgan fingerprint density at radius 3 is 2.37 bits per heavy atom. The topological polar surface area (TPSA) is 72.9 Å². The van der Waals surface area contributed by atoms with Crippen molar-refractivity contribution in [1.82, 2.24) is 4.90 Å². The highest BCUT2D eigenvalue weighted by Crippen LogP contribution is 2.40. The number of benzene rings is 1. The molecule has 1 amide bonds. The number of amides is 1. The van der Waals surface area contributed by atoms with E-state index in [9.17, 15) is 14.4 Å². The lowest BCUT2D eigenvalue weighted by molar-refractivity contribution is -0.142. The molecule has 6 nitrogen and oxygen atoms in total. The largest absolute Gasteiger partial charge is 0.469 e. The fourth-order valence-corrected chi connectivity index (χ4v) is 4.73. The number of ether oxygens (including phenoxy) is 2. The van der Waals surface area contributed by atoms with Gasteiger partial charge in [0.25, 0.3) is 0 Å². The maximum Gasteiger partial charge on any atom is 0.306 e. The van der Waals surface area contributed by atoms with Gasteiger partial charge in [0.2, 0.25) is 5.91 Å². The predicted octanol–water partition coefficient (Wildman–Crippen LogP) is 3.26. The van der Waals surface area contributed by atoms with E-state index in [2.05, 4.69) is 0 Å². The van der Waals surface area contributed by atoms with Gasteiger partial charge in [0.05, 0.1) is 18.1 Å². The first-order valence-corrected chi connectivity index (χ1v) is 10.7. The van der Waals surface area contributed by atoms with Gasteiger partial charge in [-0.05, 0) is 11.1 Å². The van der Waals surface area contributed by atoms with Crippen molar-refractivity contribution >= 4 is 41.4 Å². The van der Waals surface area contributed by atoms with Crippen molar-refractivity contribution in [2.75, 3.05) is 32.7 Å². The SMILES string of the molecule is COC(=O)CCSC(SCCC(=O)N(C)C)c1cccc(COC(C)=O)c1. The summed E-state index contributed by atoms with van der Waals surface area (Å²) < 4.78 is 9.83. The van der Waals surface area contributed by atoms with E-state index in [0.29, 0.717) is 24.3 Å². The van der Waals surface area contributed by atoms with Crippen LogP contribution in [0.15, 0.2) is 24.3 Å². The van der Waals surface area contributed by atoms with Crippen molar-refractivity contribution < 1.29 is 23.9 Å². The second-order valence-corrected chi connectivity index (χ2v) is 8.69. The summed E-state index contributed by atoms with van der Waals surface area (Å²) >= 11 is 3.31. The van der Waals surface area contributed by atoms with Crippen LogP contribution in [-0.4, -0.2) is 55.5 Å². The quantitative estimate of drug-likeness (QED) is 0.407. The molecule has 0 aliphatic rings. The van der Waals surface area contributed by atoms with E-state index in [0.717, 1.165) is 11.1 Å². The summed E-state index contributed by atoms with van der Waals surface area (Å²) in [6, 6.07) is 7.84. The van der Waals surface area contributed by atoms with Crippen molar-refractivity contribution in [3.63, 3.8) is 0 Å². The van der Waals surface area contributed by atoms with Crippen LogP contribution in [-0.2, 0) is 30.5 Å². The first-order valence-electron chi connectivity index (χ1n) is 8.56. The summed E-state index contributed by atoms with van der Waals surface area (Å²) in [4.78, 5) is 35.8. The number of thioether (sulfide) groups is 2. The Hall–Kier alpha value is -1.67. The van der Waals surface area contributed by atoms with Gasteiger partial charge in [-0.25, -0.2) is 0 Å². The van der Waals surface area contributed by atoms with E-state index in [1.807, 2.05) is 24.3 Å². The van der Waals surface area contributed by atoms with E-state index < -0.39 is 0 Å². The van der Waals surface area contributed by atoms with Crippen LogP contribution < -0.4 is 0 Å². The van der Waals surface area contributed by atoms with Crippen LogP contribution in [0.4, 0.5) is 0 Å². The first-order chi connectivity index (χ1) is 12.8. The van der Waals surface area contributed by atoms with Crippen LogP contribution in [0.25, 0.3) is 0 Å². The van der Waals surface area contributed by atoms with Crippen molar-refractivity contribution in [3.8, 4) is 0 Å². The number of methoxy groups -OCH3 is 1. The van der Waals surface area contributed by atoms with Gasteiger partial charge >= 0.3 is 11.9 Å². The molecule has 1 rings (SSSR count).